The van der Waals surface area contributed by atoms with Crippen LogP contribution < -0.4 is 0 Å². The van der Waals surface area contributed by atoms with E-state index in [0.717, 1.165) is 70.0 Å². The highest BCUT2D eigenvalue weighted by atomic mass is 16.3. The first-order valence-corrected chi connectivity index (χ1v) is 10.7. The van der Waals surface area contributed by atoms with Crippen molar-refractivity contribution < 1.29 is 9.90 Å². The molecular formula is C22H32N4O2. The molecule has 1 saturated carbocycles. The number of rotatable bonds is 12. The molecule has 0 bridgehead atoms. The lowest BCUT2D eigenvalue weighted by Gasteiger charge is -2.20. The number of ketones is 1. The maximum atomic E-state index is 12.3. The molecule has 1 aromatic carbocycles. The lowest BCUT2D eigenvalue weighted by Crippen LogP contribution is -2.18. The Hall–Kier alpha value is -2.08. The summed E-state index contributed by atoms with van der Waals surface area (Å²) in [5.41, 5.74) is 1.18. The zero-order chi connectivity index (χ0) is 19.6. The van der Waals surface area contributed by atoms with Crippen LogP contribution >= 0.6 is 0 Å². The third-order valence-electron chi connectivity index (χ3n) is 5.98. The SMILES string of the molecule is O=C1CCC(CCC(O)Cc2ccccc2)C1CCCCCCc1nn[nH]n1. The number of aryl methyl sites for hydroxylation is 1. The third kappa shape index (κ3) is 6.51. The zero-order valence-electron chi connectivity index (χ0n) is 16.6. The minimum atomic E-state index is -0.316. The fourth-order valence-corrected chi connectivity index (χ4v) is 4.40. The number of tetrazole rings is 1. The number of unbranched alkanes of at least 4 members (excludes halogenated alkanes) is 3. The molecule has 3 rings (SSSR count). The van der Waals surface area contributed by atoms with Gasteiger partial charge in [0.15, 0.2) is 5.82 Å². The molecule has 6 nitrogen and oxygen atoms in total. The quantitative estimate of drug-likeness (QED) is 0.545. The molecule has 152 valence electrons. The average molecular weight is 385 g/mol. The van der Waals surface area contributed by atoms with E-state index in [2.05, 4.69) is 32.8 Å². The van der Waals surface area contributed by atoms with E-state index < -0.39 is 0 Å². The number of carbonyl (C=O) groups excluding carboxylic acids is 1. The summed E-state index contributed by atoms with van der Waals surface area (Å²) in [6.45, 7) is 0. The first-order valence-electron chi connectivity index (χ1n) is 10.7. The largest absolute Gasteiger partial charge is 0.393 e. The van der Waals surface area contributed by atoms with E-state index in [9.17, 15) is 9.90 Å². The number of hydrogen-bond acceptors (Lipinski definition) is 5. The number of carbonyl (C=O) groups is 1. The van der Waals surface area contributed by atoms with Crippen molar-refractivity contribution in [2.75, 3.05) is 0 Å². The van der Waals surface area contributed by atoms with E-state index in [0.29, 0.717) is 18.1 Å². The van der Waals surface area contributed by atoms with Gasteiger partial charge in [0.2, 0.25) is 0 Å². The summed E-state index contributed by atoms with van der Waals surface area (Å²) in [6, 6.07) is 10.1. The van der Waals surface area contributed by atoms with Gasteiger partial charge in [0, 0.05) is 18.8 Å². The van der Waals surface area contributed by atoms with Gasteiger partial charge in [0.25, 0.3) is 0 Å². The van der Waals surface area contributed by atoms with Crippen LogP contribution in [0.3, 0.4) is 0 Å². The Morgan fingerprint density at radius 3 is 2.71 bits per heavy atom. The van der Waals surface area contributed by atoms with Gasteiger partial charge in [-0.3, -0.25) is 4.79 Å². The van der Waals surface area contributed by atoms with Gasteiger partial charge in [-0.25, -0.2) is 0 Å². The topological polar surface area (TPSA) is 91.8 Å². The Bertz CT molecular complexity index is 690. The van der Waals surface area contributed by atoms with Crippen LogP contribution in [0.1, 0.15) is 69.2 Å². The molecule has 2 N–H and O–H groups in total. The predicted octanol–water partition coefficient (Wildman–Crippen LogP) is 3.67. The number of benzene rings is 1. The molecule has 1 aromatic heterocycles. The normalized spacial score (nSPS) is 20.5. The smallest absolute Gasteiger partial charge is 0.174 e. The number of aliphatic hydroxyl groups is 1. The predicted molar refractivity (Wildman–Crippen MR) is 108 cm³/mol. The van der Waals surface area contributed by atoms with E-state index >= 15 is 0 Å². The molecule has 0 saturated heterocycles. The zero-order valence-corrected chi connectivity index (χ0v) is 16.6. The first-order chi connectivity index (χ1) is 13.7. The van der Waals surface area contributed by atoms with Gasteiger partial charge in [-0.2, -0.15) is 5.21 Å². The first kappa shape index (κ1) is 20.6. The minimum Gasteiger partial charge on any atom is -0.393 e. The second kappa shape index (κ2) is 11.1. The van der Waals surface area contributed by atoms with Gasteiger partial charge in [0.1, 0.15) is 5.78 Å². The number of Topliss-reactive ketones (excluding diaryl/α,β-unsaturated/α-hetero) is 1. The van der Waals surface area contributed by atoms with Gasteiger partial charge in [-0.05, 0) is 50.0 Å². The van der Waals surface area contributed by atoms with E-state index in [1.165, 1.54) is 5.56 Å². The van der Waals surface area contributed by atoms with Crippen molar-refractivity contribution in [3.63, 3.8) is 0 Å². The van der Waals surface area contributed by atoms with Crippen molar-refractivity contribution in [3.05, 3.63) is 41.7 Å². The number of aromatic amines is 1. The molecule has 6 heteroatoms. The molecule has 3 unspecified atom stereocenters. The molecule has 1 aliphatic carbocycles. The van der Waals surface area contributed by atoms with Crippen molar-refractivity contribution in [1.82, 2.24) is 20.6 Å². The molecule has 3 atom stereocenters. The van der Waals surface area contributed by atoms with Crippen LogP contribution in [-0.4, -0.2) is 37.6 Å². The van der Waals surface area contributed by atoms with Crippen LogP contribution in [0.2, 0.25) is 0 Å². The molecule has 1 heterocycles. The van der Waals surface area contributed by atoms with Crippen molar-refractivity contribution >= 4 is 5.78 Å². The Morgan fingerprint density at radius 1 is 1.11 bits per heavy atom. The van der Waals surface area contributed by atoms with Crippen molar-refractivity contribution in [3.8, 4) is 0 Å². The van der Waals surface area contributed by atoms with Gasteiger partial charge >= 0.3 is 0 Å². The molecule has 28 heavy (non-hydrogen) atoms. The summed E-state index contributed by atoms with van der Waals surface area (Å²) in [7, 11) is 0. The lowest BCUT2D eigenvalue weighted by molar-refractivity contribution is -0.121. The summed E-state index contributed by atoms with van der Waals surface area (Å²) in [5.74, 6) is 1.88. The van der Waals surface area contributed by atoms with Gasteiger partial charge in [-0.1, -0.05) is 54.8 Å². The van der Waals surface area contributed by atoms with Crippen LogP contribution in [0, 0.1) is 11.8 Å². The van der Waals surface area contributed by atoms with Crippen molar-refractivity contribution in [2.24, 2.45) is 11.8 Å². The molecule has 1 aliphatic rings. The summed E-state index contributed by atoms with van der Waals surface area (Å²) in [5, 5.41) is 24.3. The van der Waals surface area contributed by atoms with Gasteiger partial charge in [-0.15, -0.1) is 10.2 Å². The fourth-order valence-electron chi connectivity index (χ4n) is 4.40. The summed E-state index contributed by atoms with van der Waals surface area (Å²) in [6.07, 6.45) is 10.2. The number of hydrogen-bond donors (Lipinski definition) is 2. The van der Waals surface area contributed by atoms with Gasteiger partial charge in [0.05, 0.1) is 6.10 Å². The van der Waals surface area contributed by atoms with Crippen molar-refractivity contribution in [1.29, 1.82) is 0 Å². The Morgan fingerprint density at radius 2 is 1.93 bits per heavy atom. The van der Waals surface area contributed by atoms with Crippen LogP contribution in [0.25, 0.3) is 0 Å². The number of nitrogens with one attached hydrogen (secondary N) is 1. The van der Waals surface area contributed by atoms with E-state index in [1.807, 2.05) is 18.2 Å². The summed E-state index contributed by atoms with van der Waals surface area (Å²) >= 11 is 0. The van der Waals surface area contributed by atoms with E-state index in [-0.39, 0.29) is 12.0 Å². The Kier molecular flexibility index (Phi) is 8.15. The van der Waals surface area contributed by atoms with E-state index in [1.54, 1.807) is 0 Å². The fraction of sp³-hybridized carbons (Fsp3) is 0.636. The maximum Gasteiger partial charge on any atom is 0.174 e. The molecular weight excluding hydrogens is 352 g/mol. The van der Waals surface area contributed by atoms with Crippen LogP contribution in [0.5, 0.6) is 0 Å². The number of nitrogens with zero attached hydrogens (tertiary/aromatic N) is 3. The average Bonchev–Trinajstić information content (AvgIpc) is 3.34. The second-order valence-corrected chi connectivity index (χ2v) is 8.07. The van der Waals surface area contributed by atoms with Gasteiger partial charge < -0.3 is 5.11 Å². The van der Waals surface area contributed by atoms with Crippen molar-refractivity contribution in [2.45, 2.75) is 76.7 Å². The Balaban J connectivity index is 1.32. The second-order valence-electron chi connectivity index (χ2n) is 8.07. The number of aliphatic hydroxyl groups excluding tert-OH is 1. The third-order valence-corrected chi connectivity index (χ3v) is 5.98. The summed E-state index contributed by atoms with van der Waals surface area (Å²) < 4.78 is 0. The number of aromatic nitrogens is 4. The minimum absolute atomic E-state index is 0.209. The molecule has 0 aliphatic heterocycles. The Labute approximate surface area is 167 Å². The molecule has 2 aromatic rings. The standard InChI is InChI=1S/C22H32N4O2/c27-19(16-17-8-4-3-5-9-17)14-12-18-13-15-21(28)20(18)10-6-1-2-7-11-22-23-25-26-24-22/h3-5,8-9,18-20,27H,1-2,6-7,10-16H2,(H,23,24,25,26). The van der Waals surface area contributed by atoms with E-state index in [4.69, 9.17) is 0 Å². The number of H-pyrrole nitrogens is 1. The van der Waals surface area contributed by atoms with Crippen LogP contribution in [0.4, 0.5) is 0 Å². The maximum absolute atomic E-state index is 12.3. The monoisotopic (exact) mass is 384 g/mol. The molecule has 0 spiro atoms. The lowest BCUT2D eigenvalue weighted by atomic mass is 9.85. The molecule has 0 amide bonds. The highest BCUT2D eigenvalue weighted by Gasteiger charge is 2.33. The van der Waals surface area contributed by atoms with Crippen LogP contribution in [0.15, 0.2) is 30.3 Å². The highest BCUT2D eigenvalue weighted by Crippen LogP contribution is 2.36. The molecule has 1 fully saturated rings. The molecule has 0 radical (unpaired) electrons. The highest BCUT2D eigenvalue weighted by molar-refractivity contribution is 5.83. The van der Waals surface area contributed by atoms with Crippen LogP contribution in [-0.2, 0) is 17.6 Å². The summed E-state index contributed by atoms with van der Waals surface area (Å²) in [4.78, 5) is 12.3.